The molecule has 2 heteroatoms. The quantitative estimate of drug-likeness (QED) is 0.598. The van der Waals surface area contributed by atoms with Gasteiger partial charge in [-0.2, -0.15) is 0 Å². The summed E-state index contributed by atoms with van der Waals surface area (Å²) in [7, 11) is 0. The predicted octanol–water partition coefficient (Wildman–Crippen LogP) is 3.51. The monoisotopic (exact) mass is 244 g/mol. The second-order valence-corrected chi connectivity index (χ2v) is 5.17. The van der Waals surface area contributed by atoms with Crippen LogP contribution in [0.3, 0.4) is 0 Å². The fraction of sp³-hybridized carbons (Fsp3) is 0.438. The standard InChI is InChI=1S/C16H20O2/c1-6-15(3,4)14(17)18-16(5,7-2)13-11-9-8-10-12-13/h2,8-12H,6H2,1,3-5H3. The highest BCUT2D eigenvalue weighted by Gasteiger charge is 2.35. The van der Waals surface area contributed by atoms with Crippen LogP contribution in [-0.2, 0) is 15.1 Å². The van der Waals surface area contributed by atoms with Crippen LogP contribution in [0.1, 0.15) is 39.7 Å². The Morgan fingerprint density at radius 3 is 2.28 bits per heavy atom. The maximum Gasteiger partial charge on any atom is 0.313 e. The number of terminal acetylenes is 1. The first-order valence-corrected chi connectivity index (χ1v) is 6.12. The van der Waals surface area contributed by atoms with Gasteiger partial charge < -0.3 is 4.74 Å². The summed E-state index contributed by atoms with van der Waals surface area (Å²) in [5.41, 5.74) is -0.717. The second kappa shape index (κ2) is 5.27. The fourth-order valence-corrected chi connectivity index (χ4v) is 1.40. The summed E-state index contributed by atoms with van der Waals surface area (Å²) in [5, 5.41) is 0. The van der Waals surface area contributed by atoms with Crippen LogP contribution in [0, 0.1) is 17.8 Å². The Kier molecular flexibility index (Phi) is 4.19. The zero-order valence-electron chi connectivity index (χ0n) is 11.5. The molecule has 0 saturated carbocycles. The van der Waals surface area contributed by atoms with Crippen molar-refractivity contribution in [3.8, 4) is 12.3 Å². The smallest absolute Gasteiger partial charge is 0.313 e. The van der Waals surface area contributed by atoms with Crippen molar-refractivity contribution in [2.75, 3.05) is 0 Å². The first kappa shape index (κ1) is 14.3. The maximum atomic E-state index is 12.1. The van der Waals surface area contributed by atoms with E-state index in [1.807, 2.05) is 51.1 Å². The van der Waals surface area contributed by atoms with Gasteiger partial charge in [0.15, 0.2) is 5.60 Å². The Morgan fingerprint density at radius 1 is 1.28 bits per heavy atom. The van der Waals surface area contributed by atoms with Gasteiger partial charge >= 0.3 is 5.97 Å². The molecule has 1 aromatic rings. The molecule has 0 bridgehead atoms. The van der Waals surface area contributed by atoms with Crippen LogP contribution in [0.25, 0.3) is 0 Å². The van der Waals surface area contributed by atoms with Gasteiger partial charge in [-0.3, -0.25) is 4.79 Å². The molecule has 96 valence electrons. The highest BCUT2D eigenvalue weighted by Crippen LogP contribution is 2.30. The minimum absolute atomic E-state index is 0.269. The van der Waals surface area contributed by atoms with E-state index in [4.69, 9.17) is 11.2 Å². The SMILES string of the molecule is C#CC(C)(OC(=O)C(C)(C)CC)c1ccccc1. The molecule has 0 aliphatic heterocycles. The molecule has 0 fully saturated rings. The van der Waals surface area contributed by atoms with Gasteiger partial charge in [-0.15, -0.1) is 6.42 Å². The van der Waals surface area contributed by atoms with E-state index in [2.05, 4.69) is 5.92 Å². The molecule has 18 heavy (non-hydrogen) atoms. The zero-order valence-corrected chi connectivity index (χ0v) is 11.5. The molecule has 0 saturated heterocycles. The van der Waals surface area contributed by atoms with E-state index in [-0.39, 0.29) is 5.97 Å². The predicted molar refractivity (Wildman–Crippen MR) is 72.8 cm³/mol. The van der Waals surface area contributed by atoms with Crippen molar-refractivity contribution in [3.05, 3.63) is 35.9 Å². The van der Waals surface area contributed by atoms with E-state index in [9.17, 15) is 4.79 Å². The Labute approximate surface area is 109 Å². The van der Waals surface area contributed by atoms with Crippen molar-refractivity contribution in [1.29, 1.82) is 0 Å². The number of esters is 1. The van der Waals surface area contributed by atoms with Gasteiger partial charge in [0.2, 0.25) is 0 Å². The average molecular weight is 244 g/mol. The molecule has 0 N–H and O–H groups in total. The number of hydrogen-bond acceptors (Lipinski definition) is 2. The molecule has 1 rings (SSSR count). The highest BCUT2D eigenvalue weighted by molar-refractivity contribution is 5.76. The number of benzene rings is 1. The molecule has 0 heterocycles. The molecule has 0 radical (unpaired) electrons. The van der Waals surface area contributed by atoms with E-state index < -0.39 is 11.0 Å². The van der Waals surface area contributed by atoms with Gasteiger partial charge in [-0.25, -0.2) is 0 Å². The summed E-state index contributed by atoms with van der Waals surface area (Å²) >= 11 is 0. The molecule has 0 aliphatic carbocycles. The van der Waals surface area contributed by atoms with Gasteiger partial charge in [-0.05, 0) is 27.2 Å². The Balaban J connectivity index is 3.00. The lowest BCUT2D eigenvalue weighted by Gasteiger charge is -2.29. The van der Waals surface area contributed by atoms with Crippen LogP contribution in [0.15, 0.2) is 30.3 Å². The lowest BCUT2D eigenvalue weighted by atomic mass is 9.89. The fourth-order valence-electron chi connectivity index (χ4n) is 1.40. The molecule has 1 aromatic carbocycles. The largest absolute Gasteiger partial charge is 0.441 e. The van der Waals surface area contributed by atoms with Crippen molar-refractivity contribution in [1.82, 2.24) is 0 Å². The van der Waals surface area contributed by atoms with Crippen LogP contribution in [-0.4, -0.2) is 5.97 Å². The Morgan fingerprint density at radius 2 is 1.83 bits per heavy atom. The summed E-state index contributed by atoms with van der Waals surface area (Å²) < 4.78 is 5.55. The number of carbonyl (C=O) groups excluding carboxylic acids is 1. The van der Waals surface area contributed by atoms with Crippen molar-refractivity contribution < 1.29 is 9.53 Å². The van der Waals surface area contributed by atoms with Gasteiger partial charge in [-0.1, -0.05) is 43.2 Å². The third-order valence-corrected chi connectivity index (χ3v) is 3.33. The van der Waals surface area contributed by atoms with Crippen LogP contribution in [0.2, 0.25) is 0 Å². The van der Waals surface area contributed by atoms with E-state index in [0.717, 1.165) is 5.56 Å². The average Bonchev–Trinajstić information content (AvgIpc) is 2.39. The number of ether oxygens (including phenoxy) is 1. The summed E-state index contributed by atoms with van der Waals surface area (Å²) in [4.78, 5) is 12.1. The van der Waals surface area contributed by atoms with E-state index >= 15 is 0 Å². The number of hydrogen-bond donors (Lipinski definition) is 0. The topological polar surface area (TPSA) is 26.3 Å². The van der Waals surface area contributed by atoms with Gasteiger partial charge in [0.25, 0.3) is 0 Å². The van der Waals surface area contributed by atoms with Crippen LogP contribution in [0.5, 0.6) is 0 Å². The molecule has 2 nitrogen and oxygen atoms in total. The lowest BCUT2D eigenvalue weighted by molar-refractivity contribution is -0.164. The molecule has 0 spiro atoms. The van der Waals surface area contributed by atoms with E-state index in [1.54, 1.807) is 6.92 Å². The second-order valence-electron chi connectivity index (χ2n) is 5.17. The first-order valence-electron chi connectivity index (χ1n) is 6.12. The highest BCUT2D eigenvalue weighted by atomic mass is 16.6. The van der Waals surface area contributed by atoms with Gasteiger partial charge in [0, 0.05) is 5.56 Å². The molecule has 1 unspecified atom stereocenters. The Bertz CT molecular complexity index is 454. The third kappa shape index (κ3) is 2.92. The third-order valence-electron chi connectivity index (χ3n) is 3.33. The van der Waals surface area contributed by atoms with Gasteiger partial charge in [0.05, 0.1) is 5.41 Å². The van der Waals surface area contributed by atoms with Crippen LogP contribution >= 0.6 is 0 Å². The van der Waals surface area contributed by atoms with Crippen molar-refractivity contribution >= 4 is 5.97 Å². The minimum atomic E-state index is -1.01. The summed E-state index contributed by atoms with van der Waals surface area (Å²) in [6.45, 7) is 7.41. The number of carbonyl (C=O) groups is 1. The molecular weight excluding hydrogens is 224 g/mol. The van der Waals surface area contributed by atoms with Crippen molar-refractivity contribution in [2.24, 2.45) is 5.41 Å². The molecule has 0 aromatic heterocycles. The van der Waals surface area contributed by atoms with Crippen LogP contribution < -0.4 is 0 Å². The minimum Gasteiger partial charge on any atom is -0.441 e. The molecule has 1 atom stereocenters. The Hall–Kier alpha value is -1.75. The van der Waals surface area contributed by atoms with Crippen molar-refractivity contribution in [2.45, 2.75) is 39.7 Å². The summed E-state index contributed by atoms with van der Waals surface area (Å²) in [5.74, 6) is 2.31. The molecular formula is C16H20O2. The molecule has 0 amide bonds. The van der Waals surface area contributed by atoms with Crippen molar-refractivity contribution in [3.63, 3.8) is 0 Å². The zero-order chi connectivity index (χ0) is 13.8. The normalized spacial score (nSPS) is 14.4. The molecule has 0 aliphatic rings. The number of rotatable bonds is 4. The van der Waals surface area contributed by atoms with Gasteiger partial charge in [0.1, 0.15) is 0 Å². The van der Waals surface area contributed by atoms with E-state index in [1.165, 1.54) is 0 Å². The first-order chi connectivity index (χ1) is 8.35. The lowest BCUT2D eigenvalue weighted by Crippen LogP contribution is -2.34. The summed E-state index contributed by atoms with van der Waals surface area (Å²) in [6.07, 6.45) is 6.25. The van der Waals surface area contributed by atoms with Crippen LogP contribution in [0.4, 0.5) is 0 Å². The maximum absolute atomic E-state index is 12.1. The van der Waals surface area contributed by atoms with E-state index in [0.29, 0.717) is 6.42 Å². The summed E-state index contributed by atoms with van der Waals surface area (Å²) in [6, 6.07) is 9.39.